The molecular weight excluding hydrogens is 152 g/mol. The van der Waals surface area contributed by atoms with Crippen LogP contribution in [0.3, 0.4) is 0 Å². The summed E-state index contributed by atoms with van der Waals surface area (Å²) in [6.07, 6.45) is -1.39. The zero-order chi connectivity index (χ0) is 8.27. The summed E-state index contributed by atoms with van der Waals surface area (Å²) in [5.41, 5.74) is 5.44. The number of rotatable bonds is 2. The first-order valence-corrected chi connectivity index (χ1v) is 3.04. The summed E-state index contributed by atoms with van der Waals surface area (Å²) in [5.74, 6) is 0.0307. The number of nitrogen functional groups attached to an aromatic ring is 1. The Balaban J connectivity index is 2.71. The van der Waals surface area contributed by atoms with Gasteiger partial charge in [-0.25, -0.2) is 18.7 Å². The van der Waals surface area contributed by atoms with Gasteiger partial charge in [0.1, 0.15) is 0 Å². The molecule has 5 heteroatoms. The van der Waals surface area contributed by atoms with E-state index in [0.717, 1.165) is 0 Å². The van der Waals surface area contributed by atoms with Gasteiger partial charge in [-0.15, -0.1) is 0 Å². The largest absolute Gasteiger partial charge is 0.368 e. The van der Waals surface area contributed by atoms with Crippen LogP contribution in [0.2, 0.25) is 0 Å². The predicted octanol–water partition coefficient (Wildman–Crippen LogP) is 0.866. The minimum absolute atomic E-state index is 0.0307. The molecule has 0 bridgehead atoms. The fourth-order valence-corrected chi connectivity index (χ4v) is 0.685. The lowest BCUT2D eigenvalue weighted by molar-refractivity contribution is 0.148. The Morgan fingerprint density at radius 2 is 2.27 bits per heavy atom. The molecule has 11 heavy (non-hydrogen) atoms. The highest BCUT2D eigenvalue weighted by Gasteiger charge is 2.05. The molecule has 0 aromatic carbocycles. The molecule has 0 aliphatic rings. The molecule has 0 radical (unpaired) electrons. The number of alkyl halides is 2. The Labute approximate surface area is 62.3 Å². The van der Waals surface area contributed by atoms with Crippen LogP contribution in [-0.2, 0) is 6.42 Å². The number of hydrogen-bond acceptors (Lipinski definition) is 3. The van der Waals surface area contributed by atoms with Gasteiger partial charge in [0, 0.05) is 6.20 Å². The molecule has 0 atom stereocenters. The molecule has 0 unspecified atom stereocenters. The van der Waals surface area contributed by atoms with E-state index in [2.05, 4.69) is 9.97 Å². The van der Waals surface area contributed by atoms with Crippen LogP contribution in [0.1, 0.15) is 5.69 Å². The third-order valence-corrected chi connectivity index (χ3v) is 1.10. The molecule has 1 aromatic heterocycles. The van der Waals surface area contributed by atoms with Crippen LogP contribution >= 0.6 is 0 Å². The van der Waals surface area contributed by atoms with Crippen molar-refractivity contribution in [1.29, 1.82) is 0 Å². The minimum Gasteiger partial charge on any atom is -0.368 e. The van der Waals surface area contributed by atoms with Crippen molar-refractivity contribution in [1.82, 2.24) is 9.97 Å². The Bertz CT molecular complexity index is 239. The standard InChI is InChI=1S/C6H7F2N3/c7-5(8)3-4-1-2-10-6(9)11-4/h1-2,5H,3H2,(H2,9,10,11). The van der Waals surface area contributed by atoms with Gasteiger partial charge in [-0.2, -0.15) is 0 Å². The van der Waals surface area contributed by atoms with Crippen molar-refractivity contribution in [2.75, 3.05) is 5.73 Å². The average molecular weight is 159 g/mol. The van der Waals surface area contributed by atoms with Crippen LogP contribution in [0.5, 0.6) is 0 Å². The second kappa shape index (κ2) is 3.23. The number of nitrogens with zero attached hydrogens (tertiary/aromatic N) is 2. The monoisotopic (exact) mass is 159 g/mol. The summed E-state index contributed by atoms with van der Waals surface area (Å²) in [5, 5.41) is 0. The fourth-order valence-electron chi connectivity index (χ4n) is 0.685. The lowest BCUT2D eigenvalue weighted by Crippen LogP contribution is -2.02. The second-order valence-corrected chi connectivity index (χ2v) is 2.00. The van der Waals surface area contributed by atoms with Crippen molar-refractivity contribution in [3.8, 4) is 0 Å². The minimum atomic E-state index is -2.38. The van der Waals surface area contributed by atoms with Crippen LogP contribution in [-0.4, -0.2) is 16.4 Å². The number of hydrogen-bond donors (Lipinski definition) is 1. The maximum atomic E-state index is 11.8. The Morgan fingerprint density at radius 3 is 2.82 bits per heavy atom. The van der Waals surface area contributed by atoms with E-state index in [1.807, 2.05) is 0 Å². The van der Waals surface area contributed by atoms with Crippen LogP contribution in [0, 0.1) is 0 Å². The van der Waals surface area contributed by atoms with Crippen molar-refractivity contribution in [3.05, 3.63) is 18.0 Å². The van der Waals surface area contributed by atoms with E-state index < -0.39 is 6.43 Å². The van der Waals surface area contributed by atoms with Crippen LogP contribution < -0.4 is 5.73 Å². The molecule has 0 spiro atoms. The van der Waals surface area contributed by atoms with Crippen molar-refractivity contribution in [2.45, 2.75) is 12.8 Å². The molecular formula is C6H7F2N3. The van der Waals surface area contributed by atoms with Crippen molar-refractivity contribution >= 4 is 5.95 Å². The van der Waals surface area contributed by atoms with E-state index in [4.69, 9.17) is 5.73 Å². The zero-order valence-electron chi connectivity index (χ0n) is 5.67. The molecule has 0 aliphatic heterocycles. The van der Waals surface area contributed by atoms with Gasteiger partial charge in [-0.05, 0) is 6.07 Å². The first kappa shape index (κ1) is 7.84. The predicted molar refractivity (Wildman–Crippen MR) is 36.2 cm³/mol. The molecule has 0 saturated carbocycles. The zero-order valence-corrected chi connectivity index (χ0v) is 5.67. The topological polar surface area (TPSA) is 51.8 Å². The molecule has 0 aliphatic carbocycles. The van der Waals surface area contributed by atoms with E-state index in [1.54, 1.807) is 0 Å². The number of aromatic nitrogens is 2. The SMILES string of the molecule is Nc1nccc(CC(F)F)n1. The quantitative estimate of drug-likeness (QED) is 0.696. The first-order chi connectivity index (χ1) is 5.18. The molecule has 1 rings (SSSR count). The highest BCUT2D eigenvalue weighted by Crippen LogP contribution is 2.04. The summed E-state index contributed by atoms with van der Waals surface area (Å²) in [7, 11) is 0. The van der Waals surface area contributed by atoms with Crippen LogP contribution in [0.25, 0.3) is 0 Å². The van der Waals surface area contributed by atoms with E-state index in [1.165, 1.54) is 12.3 Å². The molecule has 3 nitrogen and oxygen atoms in total. The van der Waals surface area contributed by atoms with E-state index >= 15 is 0 Å². The van der Waals surface area contributed by atoms with Crippen molar-refractivity contribution in [3.63, 3.8) is 0 Å². The molecule has 2 N–H and O–H groups in total. The first-order valence-electron chi connectivity index (χ1n) is 3.04. The lowest BCUT2D eigenvalue weighted by atomic mass is 10.3. The van der Waals surface area contributed by atoms with E-state index in [9.17, 15) is 8.78 Å². The second-order valence-electron chi connectivity index (χ2n) is 2.00. The molecule has 0 amide bonds. The molecule has 60 valence electrons. The number of anilines is 1. The van der Waals surface area contributed by atoms with Gasteiger partial charge in [0.05, 0.1) is 12.1 Å². The Hall–Kier alpha value is -1.26. The van der Waals surface area contributed by atoms with Gasteiger partial charge in [0.25, 0.3) is 0 Å². The molecule has 0 fully saturated rings. The van der Waals surface area contributed by atoms with Crippen LogP contribution in [0.15, 0.2) is 12.3 Å². The van der Waals surface area contributed by atoms with E-state index in [0.29, 0.717) is 0 Å². The van der Waals surface area contributed by atoms with E-state index in [-0.39, 0.29) is 18.1 Å². The van der Waals surface area contributed by atoms with Gasteiger partial charge in [0.15, 0.2) is 0 Å². The molecule has 1 aromatic rings. The van der Waals surface area contributed by atoms with Crippen LogP contribution in [0.4, 0.5) is 14.7 Å². The van der Waals surface area contributed by atoms with Gasteiger partial charge in [-0.1, -0.05) is 0 Å². The number of nitrogens with two attached hydrogens (primary N) is 1. The third kappa shape index (κ3) is 2.45. The third-order valence-electron chi connectivity index (χ3n) is 1.10. The van der Waals surface area contributed by atoms with Crippen molar-refractivity contribution in [2.24, 2.45) is 0 Å². The summed E-state index contributed by atoms with van der Waals surface area (Å²) in [6.45, 7) is 0. The lowest BCUT2D eigenvalue weighted by Gasteiger charge is -1.98. The van der Waals surface area contributed by atoms with Gasteiger partial charge >= 0.3 is 0 Å². The molecule has 1 heterocycles. The highest BCUT2D eigenvalue weighted by molar-refractivity contribution is 5.17. The Kier molecular flexibility index (Phi) is 2.30. The highest BCUT2D eigenvalue weighted by atomic mass is 19.3. The maximum absolute atomic E-state index is 11.8. The average Bonchev–Trinajstić information content (AvgIpc) is 1.85. The molecule has 0 saturated heterocycles. The normalized spacial score (nSPS) is 10.5. The summed E-state index contributed by atoms with van der Waals surface area (Å²) in [6, 6.07) is 1.42. The Morgan fingerprint density at radius 1 is 1.55 bits per heavy atom. The number of halogens is 2. The maximum Gasteiger partial charge on any atom is 0.244 e. The smallest absolute Gasteiger partial charge is 0.244 e. The van der Waals surface area contributed by atoms with Gasteiger partial charge < -0.3 is 5.73 Å². The summed E-state index contributed by atoms with van der Waals surface area (Å²) < 4.78 is 23.5. The fraction of sp³-hybridized carbons (Fsp3) is 0.333. The van der Waals surface area contributed by atoms with Crippen molar-refractivity contribution < 1.29 is 8.78 Å². The summed E-state index contributed by atoms with van der Waals surface area (Å²) >= 11 is 0. The van der Waals surface area contributed by atoms with Gasteiger partial charge in [-0.3, -0.25) is 0 Å². The summed E-state index contributed by atoms with van der Waals surface area (Å²) in [4.78, 5) is 7.17. The van der Waals surface area contributed by atoms with Gasteiger partial charge in [0.2, 0.25) is 12.4 Å².